The predicted octanol–water partition coefficient (Wildman–Crippen LogP) is 0.678. The van der Waals surface area contributed by atoms with Crippen molar-refractivity contribution in [1.82, 2.24) is 5.43 Å². The Bertz CT molecular complexity index is 578. The number of esters is 1. The first-order valence-corrected chi connectivity index (χ1v) is 5.95. The quantitative estimate of drug-likeness (QED) is 0.792. The van der Waals surface area contributed by atoms with Gasteiger partial charge in [0.05, 0.1) is 12.7 Å². The average molecular weight is 275 g/mol. The van der Waals surface area contributed by atoms with E-state index in [1.54, 1.807) is 24.3 Å². The SMILES string of the molecule is COC(=O)c1ccc(NC(=O)C2=NNC(=O)CC2)cc1. The lowest BCUT2D eigenvalue weighted by molar-refractivity contribution is -0.121. The van der Waals surface area contributed by atoms with Gasteiger partial charge in [0.2, 0.25) is 5.91 Å². The van der Waals surface area contributed by atoms with Crippen LogP contribution < -0.4 is 10.7 Å². The van der Waals surface area contributed by atoms with Crippen molar-refractivity contribution in [2.45, 2.75) is 12.8 Å². The average Bonchev–Trinajstić information content (AvgIpc) is 2.48. The molecule has 0 atom stereocenters. The molecule has 1 aliphatic heterocycles. The van der Waals surface area contributed by atoms with Gasteiger partial charge < -0.3 is 10.1 Å². The van der Waals surface area contributed by atoms with Gasteiger partial charge >= 0.3 is 5.97 Å². The summed E-state index contributed by atoms with van der Waals surface area (Å²) in [6, 6.07) is 6.27. The summed E-state index contributed by atoms with van der Waals surface area (Å²) in [5, 5.41) is 6.33. The van der Waals surface area contributed by atoms with E-state index >= 15 is 0 Å². The smallest absolute Gasteiger partial charge is 0.337 e. The second-order valence-corrected chi connectivity index (χ2v) is 4.12. The number of hydrogen-bond donors (Lipinski definition) is 2. The summed E-state index contributed by atoms with van der Waals surface area (Å²) in [6.07, 6.45) is 0.547. The van der Waals surface area contributed by atoms with E-state index in [9.17, 15) is 14.4 Å². The number of benzene rings is 1. The van der Waals surface area contributed by atoms with Gasteiger partial charge in [-0.05, 0) is 24.3 Å². The summed E-state index contributed by atoms with van der Waals surface area (Å²) >= 11 is 0. The Morgan fingerprint density at radius 3 is 2.50 bits per heavy atom. The normalized spacial score (nSPS) is 14.1. The second-order valence-electron chi connectivity index (χ2n) is 4.12. The van der Waals surface area contributed by atoms with Crippen LogP contribution in [0, 0.1) is 0 Å². The van der Waals surface area contributed by atoms with Gasteiger partial charge in [0.15, 0.2) is 0 Å². The Labute approximate surface area is 115 Å². The van der Waals surface area contributed by atoms with E-state index in [-0.39, 0.29) is 23.9 Å². The number of methoxy groups -OCH3 is 1. The molecule has 0 aliphatic carbocycles. The molecule has 0 aromatic heterocycles. The van der Waals surface area contributed by atoms with E-state index < -0.39 is 5.97 Å². The lowest BCUT2D eigenvalue weighted by Gasteiger charge is -2.12. The van der Waals surface area contributed by atoms with Crippen LogP contribution in [-0.2, 0) is 14.3 Å². The van der Waals surface area contributed by atoms with Gasteiger partial charge in [-0.1, -0.05) is 0 Å². The Kier molecular flexibility index (Phi) is 4.09. The number of carbonyl (C=O) groups excluding carboxylic acids is 3. The van der Waals surface area contributed by atoms with Crippen LogP contribution in [0.4, 0.5) is 5.69 Å². The van der Waals surface area contributed by atoms with Gasteiger partial charge in [-0.2, -0.15) is 5.10 Å². The van der Waals surface area contributed by atoms with Crippen LogP contribution in [-0.4, -0.2) is 30.6 Å². The third kappa shape index (κ3) is 3.19. The van der Waals surface area contributed by atoms with E-state index in [1.165, 1.54) is 7.11 Å². The highest BCUT2D eigenvalue weighted by Crippen LogP contribution is 2.11. The first kappa shape index (κ1) is 13.7. The van der Waals surface area contributed by atoms with Crippen molar-refractivity contribution in [3.8, 4) is 0 Å². The fourth-order valence-electron chi connectivity index (χ4n) is 1.65. The monoisotopic (exact) mass is 275 g/mol. The Morgan fingerprint density at radius 2 is 1.95 bits per heavy atom. The van der Waals surface area contributed by atoms with Crippen LogP contribution in [0.5, 0.6) is 0 Å². The molecule has 0 bridgehead atoms. The summed E-state index contributed by atoms with van der Waals surface area (Å²) in [7, 11) is 1.30. The predicted molar refractivity (Wildman–Crippen MR) is 71.2 cm³/mol. The van der Waals surface area contributed by atoms with Crippen molar-refractivity contribution >= 4 is 29.2 Å². The minimum absolute atomic E-state index is 0.205. The van der Waals surface area contributed by atoms with Crippen molar-refractivity contribution in [2.24, 2.45) is 5.10 Å². The molecule has 0 spiro atoms. The first-order chi connectivity index (χ1) is 9.60. The molecule has 0 fully saturated rings. The molecule has 0 radical (unpaired) electrons. The van der Waals surface area contributed by atoms with Crippen LogP contribution >= 0.6 is 0 Å². The molecule has 1 aromatic rings. The molecule has 2 rings (SSSR count). The van der Waals surface area contributed by atoms with E-state index in [1.807, 2.05) is 0 Å². The summed E-state index contributed by atoms with van der Waals surface area (Å²) in [5.74, 6) is -1.03. The molecule has 2 N–H and O–H groups in total. The summed E-state index contributed by atoms with van der Waals surface area (Å²) in [4.78, 5) is 34.0. The Hall–Kier alpha value is -2.70. The molecular formula is C13H13N3O4. The molecular weight excluding hydrogens is 262 g/mol. The van der Waals surface area contributed by atoms with E-state index in [0.717, 1.165) is 0 Å². The lowest BCUT2D eigenvalue weighted by atomic mass is 10.1. The largest absolute Gasteiger partial charge is 0.465 e. The van der Waals surface area contributed by atoms with Gasteiger partial charge in [-0.3, -0.25) is 9.59 Å². The molecule has 0 saturated heterocycles. The standard InChI is InChI=1S/C13H13N3O4/c1-20-13(19)8-2-4-9(5-3-8)14-12(18)10-6-7-11(17)16-15-10/h2-5H,6-7H2,1H3,(H,14,18)(H,16,17). The van der Waals surface area contributed by atoms with Crippen molar-refractivity contribution in [2.75, 3.05) is 12.4 Å². The molecule has 2 amide bonds. The molecule has 1 aliphatic rings. The Morgan fingerprint density at radius 1 is 1.25 bits per heavy atom. The number of amides is 2. The highest BCUT2D eigenvalue weighted by atomic mass is 16.5. The number of nitrogens with zero attached hydrogens (tertiary/aromatic N) is 1. The van der Waals surface area contributed by atoms with Gasteiger partial charge in [0.25, 0.3) is 5.91 Å². The van der Waals surface area contributed by atoms with Crippen LogP contribution in [0.1, 0.15) is 23.2 Å². The van der Waals surface area contributed by atoms with E-state index in [4.69, 9.17) is 0 Å². The fraction of sp³-hybridized carbons (Fsp3) is 0.231. The second kappa shape index (κ2) is 5.96. The topological polar surface area (TPSA) is 96.9 Å². The third-order valence-corrected chi connectivity index (χ3v) is 2.73. The number of anilines is 1. The zero-order valence-corrected chi connectivity index (χ0v) is 10.8. The zero-order chi connectivity index (χ0) is 14.5. The zero-order valence-electron chi connectivity index (χ0n) is 10.8. The third-order valence-electron chi connectivity index (χ3n) is 2.73. The van der Waals surface area contributed by atoms with Crippen LogP contribution in [0.3, 0.4) is 0 Å². The van der Waals surface area contributed by atoms with Crippen LogP contribution in [0.2, 0.25) is 0 Å². The van der Waals surface area contributed by atoms with Gasteiger partial charge in [0.1, 0.15) is 5.71 Å². The molecule has 104 valence electrons. The maximum Gasteiger partial charge on any atom is 0.337 e. The van der Waals surface area contributed by atoms with Crippen molar-refractivity contribution in [1.29, 1.82) is 0 Å². The summed E-state index contributed by atoms with van der Waals surface area (Å²) in [5.41, 5.74) is 3.45. The van der Waals surface area contributed by atoms with E-state index in [0.29, 0.717) is 17.7 Å². The number of hydrogen-bond acceptors (Lipinski definition) is 5. The van der Waals surface area contributed by atoms with Crippen LogP contribution in [0.25, 0.3) is 0 Å². The maximum absolute atomic E-state index is 11.9. The molecule has 0 unspecified atom stereocenters. The molecule has 7 nitrogen and oxygen atoms in total. The fourth-order valence-corrected chi connectivity index (χ4v) is 1.65. The summed E-state index contributed by atoms with van der Waals surface area (Å²) < 4.78 is 4.58. The van der Waals surface area contributed by atoms with Gasteiger partial charge in [-0.25, -0.2) is 10.2 Å². The number of nitrogens with one attached hydrogen (secondary N) is 2. The van der Waals surface area contributed by atoms with Crippen molar-refractivity contribution < 1.29 is 19.1 Å². The number of carbonyl (C=O) groups is 3. The minimum atomic E-state index is -0.442. The lowest BCUT2D eigenvalue weighted by Crippen LogP contribution is -2.32. The van der Waals surface area contributed by atoms with E-state index in [2.05, 4.69) is 20.6 Å². The number of hydrazone groups is 1. The first-order valence-electron chi connectivity index (χ1n) is 5.95. The van der Waals surface area contributed by atoms with Crippen molar-refractivity contribution in [3.63, 3.8) is 0 Å². The highest BCUT2D eigenvalue weighted by molar-refractivity contribution is 6.43. The highest BCUT2D eigenvalue weighted by Gasteiger charge is 2.18. The molecule has 1 aromatic carbocycles. The molecule has 20 heavy (non-hydrogen) atoms. The summed E-state index contributed by atoms with van der Waals surface area (Å²) in [6.45, 7) is 0. The molecule has 7 heteroatoms. The Balaban J connectivity index is 2.01. The molecule has 0 saturated carbocycles. The maximum atomic E-state index is 11.9. The van der Waals surface area contributed by atoms with Gasteiger partial charge in [0, 0.05) is 18.5 Å². The van der Waals surface area contributed by atoms with Crippen molar-refractivity contribution in [3.05, 3.63) is 29.8 Å². The van der Waals surface area contributed by atoms with Gasteiger partial charge in [-0.15, -0.1) is 0 Å². The number of rotatable bonds is 3. The minimum Gasteiger partial charge on any atom is -0.465 e. The van der Waals surface area contributed by atoms with Crippen LogP contribution in [0.15, 0.2) is 29.4 Å². The molecule has 1 heterocycles. The number of ether oxygens (including phenoxy) is 1.